The Morgan fingerprint density at radius 2 is 1.36 bits per heavy atom. The number of benzene rings is 2. The minimum atomic E-state index is -1.52. The third-order valence-electron chi connectivity index (χ3n) is 3.85. The van der Waals surface area contributed by atoms with Crippen LogP contribution < -0.4 is 113 Å². The van der Waals surface area contributed by atoms with Crippen molar-refractivity contribution in [2.24, 2.45) is 0 Å². The van der Waals surface area contributed by atoms with E-state index in [1.54, 1.807) is 13.0 Å². The SMILES string of the molecule is CCOC(=O)C(C#N)c1cc(C#N)c(F)cc1F.F.N#Cc1cc(F)c(F)cc1F.O=CO[O-].[2H]CF.[C-]#[N+]CC(=O)OCC.[F-].[H-].[K+].[K+]. The van der Waals surface area contributed by atoms with Crippen molar-refractivity contribution < 1.29 is 175 Å². The van der Waals surface area contributed by atoms with Gasteiger partial charge in [0.1, 0.15) is 29.6 Å². The van der Waals surface area contributed by atoms with Gasteiger partial charge in [-0.3, -0.25) is 18.7 Å². The van der Waals surface area contributed by atoms with Gasteiger partial charge in [-0.05, 0) is 26.0 Å². The minimum Gasteiger partial charge on any atom is -1.00 e. The molecule has 0 N–H and O–H groups in total. The van der Waals surface area contributed by atoms with Crippen molar-refractivity contribution in [3.63, 3.8) is 0 Å². The summed E-state index contributed by atoms with van der Waals surface area (Å²) in [5.41, 5.74) is -1.30. The Kier molecular flexibility index (Phi) is 45.8. The van der Waals surface area contributed by atoms with Gasteiger partial charge in [-0.15, -0.1) is 0 Å². The van der Waals surface area contributed by atoms with Gasteiger partial charge in [0.05, 0.1) is 38.9 Å². The zero-order valence-electron chi connectivity index (χ0n) is 27.0. The number of rotatable bonds is 6. The van der Waals surface area contributed by atoms with Gasteiger partial charge in [-0.1, -0.05) is 0 Å². The molecule has 0 heterocycles. The van der Waals surface area contributed by atoms with Gasteiger partial charge in [-0.25, -0.2) is 33.3 Å². The summed E-state index contributed by atoms with van der Waals surface area (Å²) in [5, 5.41) is 34.0. The van der Waals surface area contributed by atoms with Crippen LogP contribution in [-0.2, 0) is 28.7 Å². The summed E-state index contributed by atoms with van der Waals surface area (Å²) >= 11 is 0. The first-order chi connectivity index (χ1) is 20.8. The van der Waals surface area contributed by atoms with Crippen LogP contribution in [0.3, 0.4) is 0 Å². The molecule has 47 heavy (non-hydrogen) atoms. The molecule has 0 saturated heterocycles. The third kappa shape index (κ3) is 26.2. The molecular formula is C26H23F8K2N4O7-. The molecule has 0 aliphatic heterocycles. The summed E-state index contributed by atoms with van der Waals surface area (Å²) in [6.07, 6.45) is 0. The van der Waals surface area contributed by atoms with Crippen molar-refractivity contribution in [1.29, 1.82) is 15.8 Å². The van der Waals surface area contributed by atoms with Crippen LogP contribution in [0.15, 0.2) is 24.3 Å². The molecule has 2 aromatic rings. The molecule has 1 atom stereocenters. The van der Waals surface area contributed by atoms with E-state index in [1.807, 2.05) is 0 Å². The standard InChI is InChI=1S/C12H8F2N2O2.C7H2F3N.C5H7NO2.CH3F.CH2O3.2FH.2K.H/c1-2-18-12(17)9(6-16)8-3-7(5-15)10(13)4-11(8)14;8-5-2-7(10)6(9)1-4(5)3-11;1-3-8-5(7)4-6-2;1-2;2-1-4-3;;;;;/h3-4,9H,2H2,1H3;1-2H;3-4H2,1H3;1H3;1,3H;2*1H;;;/q;;;;;;;2*+1;-1/p-2/i;;;1D;;;;;;. The first-order valence-electron chi connectivity index (χ1n) is 11.6. The van der Waals surface area contributed by atoms with Crippen molar-refractivity contribution in [3.8, 4) is 18.2 Å². The first kappa shape index (κ1) is 56.8. The Morgan fingerprint density at radius 3 is 1.72 bits per heavy atom. The second-order valence-corrected chi connectivity index (χ2v) is 6.45. The number of nitrogens with zero attached hydrogens (tertiary/aromatic N) is 4. The zero-order valence-corrected chi connectivity index (χ0v) is 31.2. The summed E-state index contributed by atoms with van der Waals surface area (Å²) in [6.45, 7) is 9.53. The number of hydrogen-bond donors (Lipinski definition) is 0. The molecule has 21 heteroatoms. The van der Waals surface area contributed by atoms with Crippen LogP contribution in [-0.4, -0.2) is 45.3 Å². The van der Waals surface area contributed by atoms with E-state index in [0.29, 0.717) is 24.8 Å². The van der Waals surface area contributed by atoms with Crippen LogP contribution in [0, 0.1) is 69.7 Å². The van der Waals surface area contributed by atoms with E-state index in [0.717, 1.165) is 6.07 Å². The van der Waals surface area contributed by atoms with Crippen LogP contribution in [0.4, 0.5) is 31.0 Å². The Labute approximate surface area is 351 Å². The van der Waals surface area contributed by atoms with Crippen LogP contribution in [0.25, 0.3) is 4.85 Å². The third-order valence-corrected chi connectivity index (χ3v) is 3.85. The van der Waals surface area contributed by atoms with Gasteiger partial charge in [0, 0.05) is 17.7 Å². The Balaban J connectivity index is -0.0000000787. The van der Waals surface area contributed by atoms with E-state index in [2.05, 4.69) is 19.2 Å². The molecule has 0 amide bonds. The number of hydrogen-bond acceptors (Lipinski definition) is 10. The summed E-state index contributed by atoms with van der Waals surface area (Å²) in [7, 11) is -1.00. The number of halogens is 8. The Hall–Kier alpha value is -2.52. The maximum atomic E-state index is 13.5. The fourth-order valence-electron chi connectivity index (χ4n) is 2.23. The van der Waals surface area contributed by atoms with Crippen molar-refractivity contribution in [2.45, 2.75) is 19.8 Å². The number of nitriles is 3. The second kappa shape index (κ2) is 37.9. The van der Waals surface area contributed by atoms with Crippen molar-refractivity contribution in [2.75, 3.05) is 26.9 Å². The normalized spacial score (nSPS) is 8.57. The van der Waals surface area contributed by atoms with Gasteiger partial charge >= 0.3 is 121 Å². The molecule has 0 spiro atoms. The molecule has 2 rings (SSSR count). The van der Waals surface area contributed by atoms with Crippen molar-refractivity contribution in [3.05, 3.63) is 81.5 Å². The Bertz CT molecular complexity index is 1410. The maximum Gasteiger partial charge on any atom is 1.00 e. The van der Waals surface area contributed by atoms with Crippen LogP contribution >= 0.6 is 0 Å². The first-order valence-corrected chi connectivity index (χ1v) is 10.9. The van der Waals surface area contributed by atoms with Crippen LogP contribution in [0.5, 0.6) is 0 Å². The van der Waals surface area contributed by atoms with Gasteiger partial charge in [0.2, 0.25) is 0 Å². The molecule has 1 unspecified atom stereocenters. The molecule has 0 fully saturated rings. The Morgan fingerprint density at radius 1 is 0.957 bits per heavy atom. The largest absolute Gasteiger partial charge is 1.00 e. The van der Waals surface area contributed by atoms with E-state index < -0.39 is 65.2 Å². The smallest absolute Gasteiger partial charge is 1.00 e. The topological polar surface area (TPSA) is 178 Å². The molecule has 11 nitrogen and oxygen atoms in total. The number of alkyl halides is 1. The van der Waals surface area contributed by atoms with Gasteiger partial charge in [0.15, 0.2) is 17.6 Å². The number of carbonyl (C=O) groups is 3. The summed E-state index contributed by atoms with van der Waals surface area (Å²) in [6, 6.07) is 6.63. The quantitative estimate of drug-likeness (QED) is 0.0408. The average Bonchev–Trinajstić information content (AvgIpc) is 2.98. The fourth-order valence-corrected chi connectivity index (χ4v) is 2.23. The van der Waals surface area contributed by atoms with E-state index >= 15 is 0 Å². The molecule has 0 bridgehead atoms. The molecule has 0 aromatic heterocycles. The van der Waals surface area contributed by atoms with E-state index in [9.17, 15) is 35.9 Å². The molecule has 248 valence electrons. The number of carbonyl (C=O) groups excluding carboxylic acids is 3. The molecule has 0 aliphatic rings. The number of ether oxygens (including phenoxy) is 2. The van der Waals surface area contributed by atoms with Crippen molar-refractivity contribution >= 4 is 18.4 Å². The van der Waals surface area contributed by atoms with E-state index in [4.69, 9.17) is 33.8 Å². The second-order valence-electron chi connectivity index (χ2n) is 6.45. The predicted molar refractivity (Wildman–Crippen MR) is 133 cm³/mol. The molecular weight excluding hydrogens is 710 g/mol. The minimum absolute atomic E-state index is 0. The van der Waals surface area contributed by atoms with Gasteiger partial charge < -0.3 is 30.6 Å². The van der Waals surface area contributed by atoms with Gasteiger partial charge in [0.25, 0.3) is 6.47 Å². The molecule has 2 aromatic carbocycles. The average molecular weight is 735 g/mol. The molecule has 0 saturated carbocycles. The fraction of sp³-hybridized carbons (Fsp3) is 0.269. The van der Waals surface area contributed by atoms with E-state index in [1.165, 1.54) is 19.1 Å². The predicted octanol–water partition coefficient (Wildman–Crippen LogP) is -5.25. The van der Waals surface area contributed by atoms with Crippen molar-refractivity contribution in [1.82, 2.24) is 0 Å². The molecule has 0 aliphatic carbocycles. The monoisotopic (exact) mass is 734 g/mol. The summed E-state index contributed by atoms with van der Waals surface area (Å²) in [5.74, 6) is -8.56. The summed E-state index contributed by atoms with van der Waals surface area (Å²) < 4.78 is 87.9. The van der Waals surface area contributed by atoms with E-state index in [-0.39, 0.29) is 139 Å². The zero-order chi connectivity index (χ0) is 34.7. The van der Waals surface area contributed by atoms with Crippen LogP contribution in [0.2, 0.25) is 0 Å². The maximum absolute atomic E-state index is 13.5. The summed E-state index contributed by atoms with van der Waals surface area (Å²) in [4.78, 5) is 35.7. The van der Waals surface area contributed by atoms with Crippen LogP contribution in [0.1, 0.15) is 39.3 Å². The molecule has 0 radical (unpaired) electrons. The number of esters is 2. The van der Waals surface area contributed by atoms with Gasteiger partial charge in [-0.2, -0.15) is 15.8 Å².